The van der Waals surface area contributed by atoms with Crippen molar-refractivity contribution in [2.75, 3.05) is 13.1 Å². The molecule has 1 saturated heterocycles. The van der Waals surface area contributed by atoms with Gasteiger partial charge < -0.3 is 10.0 Å². The van der Waals surface area contributed by atoms with Gasteiger partial charge in [-0.25, -0.2) is 0 Å². The number of carbonyl (C=O) groups is 2. The van der Waals surface area contributed by atoms with E-state index in [0.29, 0.717) is 17.7 Å². The fraction of sp³-hybridized carbons (Fsp3) is 0.857. The second-order valence-corrected chi connectivity index (χ2v) is 6.49. The molecule has 0 aromatic rings. The summed E-state index contributed by atoms with van der Waals surface area (Å²) in [5, 5.41) is 8.98. The lowest BCUT2D eigenvalue weighted by Crippen LogP contribution is -2.52. The zero-order valence-corrected chi connectivity index (χ0v) is 12.6. The Labute approximate surface area is 133 Å². The van der Waals surface area contributed by atoms with Crippen LogP contribution in [0.1, 0.15) is 32.1 Å². The Hall–Kier alpha value is -1.48. The molecule has 0 aromatic carbocycles. The molecule has 1 N–H and O–H groups in total. The van der Waals surface area contributed by atoms with Gasteiger partial charge in [-0.1, -0.05) is 6.42 Å². The number of carboxylic acid groups (broad SMARTS) is 1. The molecule has 138 valence electrons. The highest BCUT2D eigenvalue weighted by Gasteiger charge is 2.73. The molecule has 0 spiro atoms. The normalized spacial score (nSPS) is 28.0. The van der Waals surface area contributed by atoms with Crippen LogP contribution in [0.4, 0.5) is 26.3 Å². The van der Waals surface area contributed by atoms with Crippen LogP contribution in [0, 0.1) is 17.3 Å². The summed E-state index contributed by atoms with van der Waals surface area (Å²) < 4.78 is 78.1. The summed E-state index contributed by atoms with van der Waals surface area (Å²) in [5.41, 5.74) is -3.91. The molecule has 2 fully saturated rings. The number of hydrogen-bond acceptors (Lipinski definition) is 2. The highest BCUT2D eigenvalue weighted by atomic mass is 19.4. The number of halogens is 6. The Morgan fingerprint density at radius 2 is 1.54 bits per heavy atom. The van der Waals surface area contributed by atoms with Gasteiger partial charge in [-0.3, -0.25) is 9.59 Å². The van der Waals surface area contributed by atoms with Crippen LogP contribution in [-0.4, -0.2) is 47.3 Å². The molecule has 0 radical (unpaired) electrons. The van der Waals surface area contributed by atoms with E-state index < -0.39 is 61.0 Å². The van der Waals surface area contributed by atoms with Crippen molar-refractivity contribution in [1.29, 1.82) is 0 Å². The minimum atomic E-state index is -5.50. The lowest BCUT2D eigenvalue weighted by Gasteiger charge is -2.34. The van der Waals surface area contributed by atoms with Gasteiger partial charge in [0.15, 0.2) is 5.41 Å². The van der Waals surface area contributed by atoms with Gasteiger partial charge in [0.05, 0.1) is 5.92 Å². The van der Waals surface area contributed by atoms with Gasteiger partial charge in [0.25, 0.3) is 0 Å². The predicted octanol–water partition coefficient (Wildman–Crippen LogP) is 3.22. The molecule has 2 aliphatic rings. The molecule has 1 amide bonds. The predicted molar refractivity (Wildman–Crippen MR) is 68.8 cm³/mol. The fourth-order valence-corrected chi connectivity index (χ4v) is 3.52. The minimum absolute atomic E-state index is 0.0459. The van der Waals surface area contributed by atoms with Crippen LogP contribution in [0.15, 0.2) is 0 Å². The van der Waals surface area contributed by atoms with E-state index in [9.17, 15) is 35.9 Å². The monoisotopic (exact) mass is 361 g/mol. The second kappa shape index (κ2) is 6.11. The lowest BCUT2D eigenvalue weighted by atomic mass is 9.80. The molecule has 1 aliphatic carbocycles. The van der Waals surface area contributed by atoms with E-state index in [1.54, 1.807) is 0 Å². The third kappa shape index (κ3) is 3.19. The highest BCUT2D eigenvalue weighted by molar-refractivity contribution is 5.80. The molecule has 1 heterocycles. The van der Waals surface area contributed by atoms with Crippen molar-refractivity contribution in [3.05, 3.63) is 0 Å². The third-order valence-electron chi connectivity index (χ3n) is 5.04. The zero-order valence-electron chi connectivity index (χ0n) is 12.6. The van der Waals surface area contributed by atoms with Crippen molar-refractivity contribution in [3.63, 3.8) is 0 Å². The number of likely N-dealkylation sites (tertiary alicyclic amines) is 1. The van der Waals surface area contributed by atoms with E-state index in [0.717, 1.165) is 0 Å². The van der Waals surface area contributed by atoms with Crippen LogP contribution in [0.3, 0.4) is 0 Å². The fourth-order valence-electron chi connectivity index (χ4n) is 3.52. The van der Waals surface area contributed by atoms with Crippen LogP contribution in [0.2, 0.25) is 0 Å². The number of amides is 1. The van der Waals surface area contributed by atoms with Gasteiger partial charge in [-0.2, -0.15) is 26.3 Å². The quantitative estimate of drug-likeness (QED) is 0.769. The van der Waals surface area contributed by atoms with E-state index in [4.69, 9.17) is 5.11 Å². The molecule has 1 aliphatic heterocycles. The van der Waals surface area contributed by atoms with Crippen LogP contribution in [0.25, 0.3) is 0 Å². The number of carbonyl (C=O) groups excluding carboxylic acids is 1. The van der Waals surface area contributed by atoms with E-state index in [1.165, 1.54) is 0 Å². The Morgan fingerprint density at radius 1 is 1.00 bits per heavy atom. The molecule has 2 atom stereocenters. The topological polar surface area (TPSA) is 57.6 Å². The summed E-state index contributed by atoms with van der Waals surface area (Å²) >= 11 is 0. The Kier molecular flexibility index (Phi) is 4.80. The van der Waals surface area contributed by atoms with Crippen molar-refractivity contribution >= 4 is 11.9 Å². The largest absolute Gasteiger partial charge is 0.481 e. The van der Waals surface area contributed by atoms with E-state index in [2.05, 4.69) is 0 Å². The number of rotatable bonds is 2. The van der Waals surface area contributed by atoms with Gasteiger partial charge >= 0.3 is 18.3 Å². The summed E-state index contributed by atoms with van der Waals surface area (Å²) in [4.78, 5) is 23.9. The van der Waals surface area contributed by atoms with Crippen molar-refractivity contribution < 1.29 is 41.0 Å². The Balaban J connectivity index is 2.14. The number of nitrogens with zero attached hydrogens (tertiary/aromatic N) is 1. The van der Waals surface area contributed by atoms with Crippen molar-refractivity contribution in [2.24, 2.45) is 17.3 Å². The second-order valence-electron chi connectivity index (χ2n) is 6.49. The summed E-state index contributed by atoms with van der Waals surface area (Å²) in [6.07, 6.45) is -11.2. The van der Waals surface area contributed by atoms with Crippen LogP contribution in [-0.2, 0) is 9.59 Å². The van der Waals surface area contributed by atoms with Gasteiger partial charge in [-0.15, -0.1) is 0 Å². The summed E-state index contributed by atoms with van der Waals surface area (Å²) in [7, 11) is 0. The zero-order chi connectivity index (χ0) is 18.3. The van der Waals surface area contributed by atoms with Gasteiger partial charge in [0, 0.05) is 19.0 Å². The van der Waals surface area contributed by atoms with E-state index >= 15 is 0 Å². The maximum Gasteiger partial charge on any atom is 0.404 e. The first-order chi connectivity index (χ1) is 10.9. The summed E-state index contributed by atoms with van der Waals surface area (Å²) in [5.74, 6) is -3.53. The minimum Gasteiger partial charge on any atom is -0.481 e. The Bertz CT molecular complexity index is 502. The SMILES string of the molecule is O=C(O)C1CCCC(C(=O)N2CCC(C(F)(F)F)(C(F)(F)F)C2)C1. The first-order valence-electron chi connectivity index (χ1n) is 7.54. The molecule has 1 saturated carbocycles. The molecule has 0 bridgehead atoms. The maximum absolute atomic E-state index is 13.0. The molecule has 0 aromatic heterocycles. The van der Waals surface area contributed by atoms with Gasteiger partial charge in [0.1, 0.15) is 0 Å². The molecular weight excluding hydrogens is 344 g/mol. The smallest absolute Gasteiger partial charge is 0.404 e. The average molecular weight is 361 g/mol. The van der Waals surface area contributed by atoms with E-state index in [-0.39, 0.29) is 12.8 Å². The van der Waals surface area contributed by atoms with Crippen LogP contribution < -0.4 is 0 Å². The molecule has 4 nitrogen and oxygen atoms in total. The molecular formula is C14H17F6NO3. The lowest BCUT2D eigenvalue weighted by molar-refractivity contribution is -0.334. The van der Waals surface area contributed by atoms with Crippen LogP contribution in [0.5, 0.6) is 0 Å². The highest BCUT2D eigenvalue weighted by Crippen LogP contribution is 2.55. The standard InChI is InChI=1S/C14H17F6NO3/c15-13(16,17)12(14(18,19)20)4-5-21(7-12)10(22)8-2-1-3-9(6-8)11(23)24/h8-9H,1-7H2,(H,23,24). The number of aliphatic carboxylic acids is 1. The van der Waals surface area contributed by atoms with Crippen molar-refractivity contribution in [3.8, 4) is 0 Å². The third-order valence-corrected chi connectivity index (χ3v) is 5.04. The first-order valence-corrected chi connectivity index (χ1v) is 7.54. The molecule has 24 heavy (non-hydrogen) atoms. The number of carboxylic acids is 1. The van der Waals surface area contributed by atoms with Crippen molar-refractivity contribution in [2.45, 2.75) is 44.5 Å². The molecule has 2 unspecified atom stereocenters. The van der Waals surface area contributed by atoms with Gasteiger partial charge in [-0.05, 0) is 25.7 Å². The van der Waals surface area contributed by atoms with Crippen molar-refractivity contribution in [1.82, 2.24) is 4.90 Å². The van der Waals surface area contributed by atoms with E-state index in [1.807, 2.05) is 0 Å². The summed E-state index contributed by atoms with van der Waals surface area (Å²) in [6, 6.07) is 0. The van der Waals surface area contributed by atoms with Gasteiger partial charge in [0.2, 0.25) is 5.91 Å². The number of alkyl halides is 6. The average Bonchev–Trinajstić information content (AvgIpc) is 2.92. The Morgan fingerprint density at radius 3 is 2.00 bits per heavy atom. The molecule has 10 heteroatoms. The molecule has 2 rings (SSSR count). The maximum atomic E-state index is 13.0. The first kappa shape index (κ1) is 18.9. The number of hydrogen-bond donors (Lipinski definition) is 1. The van der Waals surface area contributed by atoms with Crippen LogP contribution >= 0.6 is 0 Å². The summed E-state index contributed by atoms with van der Waals surface area (Å²) in [6.45, 7) is -2.08.